The van der Waals surface area contributed by atoms with Crippen LogP contribution in [0, 0.1) is 15.9 Å². The predicted molar refractivity (Wildman–Crippen MR) is 84.6 cm³/mol. The molecule has 5 nitrogen and oxygen atoms in total. The van der Waals surface area contributed by atoms with E-state index in [1.165, 1.54) is 12.1 Å². The molecule has 0 radical (unpaired) electrons. The topological polar surface area (TPSA) is 72.2 Å². The Morgan fingerprint density at radius 1 is 1.22 bits per heavy atom. The Balaban J connectivity index is 2.26. The van der Waals surface area contributed by atoms with Gasteiger partial charge in [-0.15, -0.1) is 0 Å². The van der Waals surface area contributed by atoms with Gasteiger partial charge in [-0.1, -0.05) is 49.7 Å². The molecule has 0 saturated heterocycles. The molecule has 0 aliphatic rings. The van der Waals surface area contributed by atoms with E-state index < -0.39 is 22.3 Å². The molecule has 2 aromatic rings. The molecule has 0 aromatic heterocycles. The average molecular weight is 316 g/mol. The SMILES string of the molecule is CCC[C@H](NC(=O)c1cccc([N+](=O)[O-])c1F)c1ccccc1. The van der Waals surface area contributed by atoms with Crippen molar-refractivity contribution in [2.45, 2.75) is 25.8 Å². The summed E-state index contributed by atoms with van der Waals surface area (Å²) in [6, 6.07) is 12.7. The molecule has 1 amide bonds. The van der Waals surface area contributed by atoms with Gasteiger partial charge in [0.15, 0.2) is 0 Å². The van der Waals surface area contributed by atoms with Gasteiger partial charge in [-0.2, -0.15) is 4.39 Å². The third-order valence-electron chi connectivity index (χ3n) is 3.50. The number of nitrogens with one attached hydrogen (secondary N) is 1. The molecular formula is C17H17FN2O3. The van der Waals surface area contributed by atoms with Gasteiger partial charge in [0.05, 0.1) is 16.5 Å². The van der Waals surface area contributed by atoms with Crippen LogP contribution in [0.1, 0.15) is 41.7 Å². The molecule has 0 bridgehead atoms. The molecular weight excluding hydrogens is 299 g/mol. The van der Waals surface area contributed by atoms with Crippen molar-refractivity contribution in [1.29, 1.82) is 0 Å². The largest absolute Gasteiger partial charge is 0.345 e. The van der Waals surface area contributed by atoms with E-state index in [1.807, 2.05) is 37.3 Å². The lowest BCUT2D eigenvalue weighted by atomic mass is 10.0. The van der Waals surface area contributed by atoms with Crippen LogP contribution in [0.25, 0.3) is 0 Å². The van der Waals surface area contributed by atoms with Gasteiger partial charge in [-0.25, -0.2) is 0 Å². The monoisotopic (exact) mass is 316 g/mol. The number of hydrogen-bond acceptors (Lipinski definition) is 3. The van der Waals surface area contributed by atoms with Gasteiger partial charge >= 0.3 is 5.69 Å². The smallest absolute Gasteiger partial charge is 0.305 e. The highest BCUT2D eigenvalue weighted by Crippen LogP contribution is 2.23. The molecule has 0 heterocycles. The maximum atomic E-state index is 14.1. The Morgan fingerprint density at radius 3 is 2.52 bits per heavy atom. The molecule has 0 saturated carbocycles. The Labute approximate surface area is 133 Å². The van der Waals surface area contributed by atoms with Crippen LogP contribution in [0.2, 0.25) is 0 Å². The summed E-state index contributed by atoms with van der Waals surface area (Å²) < 4.78 is 14.1. The van der Waals surface area contributed by atoms with Crippen LogP contribution >= 0.6 is 0 Å². The number of benzene rings is 2. The minimum atomic E-state index is -1.11. The molecule has 0 fully saturated rings. The number of nitrogens with zero attached hydrogens (tertiary/aromatic N) is 1. The third-order valence-corrected chi connectivity index (χ3v) is 3.50. The van der Waals surface area contributed by atoms with Crippen molar-refractivity contribution in [3.05, 3.63) is 75.6 Å². The fraction of sp³-hybridized carbons (Fsp3) is 0.235. The van der Waals surface area contributed by atoms with Gasteiger partial charge in [0.2, 0.25) is 5.82 Å². The van der Waals surface area contributed by atoms with Crippen LogP contribution in [0.3, 0.4) is 0 Å². The van der Waals surface area contributed by atoms with Crippen molar-refractivity contribution >= 4 is 11.6 Å². The zero-order valence-corrected chi connectivity index (χ0v) is 12.7. The fourth-order valence-corrected chi connectivity index (χ4v) is 2.37. The molecule has 120 valence electrons. The van der Waals surface area contributed by atoms with Gasteiger partial charge < -0.3 is 5.32 Å². The number of carbonyl (C=O) groups is 1. The Morgan fingerprint density at radius 2 is 1.91 bits per heavy atom. The second-order valence-corrected chi connectivity index (χ2v) is 5.12. The molecule has 6 heteroatoms. The summed E-state index contributed by atoms with van der Waals surface area (Å²) in [4.78, 5) is 22.3. The number of nitro benzene ring substituents is 1. The number of rotatable bonds is 6. The number of carbonyl (C=O) groups excluding carboxylic acids is 1. The molecule has 2 aromatic carbocycles. The lowest BCUT2D eigenvalue weighted by molar-refractivity contribution is -0.387. The van der Waals surface area contributed by atoms with Crippen molar-refractivity contribution in [2.24, 2.45) is 0 Å². The van der Waals surface area contributed by atoms with Crippen LogP contribution < -0.4 is 5.32 Å². The highest BCUT2D eigenvalue weighted by atomic mass is 19.1. The van der Waals surface area contributed by atoms with Crippen LogP contribution in [-0.4, -0.2) is 10.8 Å². The molecule has 1 N–H and O–H groups in total. The minimum absolute atomic E-state index is 0.271. The first-order valence-corrected chi connectivity index (χ1v) is 7.33. The number of amides is 1. The van der Waals surface area contributed by atoms with Gasteiger partial charge in [-0.05, 0) is 18.1 Å². The van der Waals surface area contributed by atoms with Crippen molar-refractivity contribution in [3.63, 3.8) is 0 Å². The zero-order valence-electron chi connectivity index (χ0n) is 12.7. The van der Waals surface area contributed by atoms with Gasteiger partial charge in [0, 0.05) is 6.07 Å². The van der Waals surface area contributed by atoms with Gasteiger partial charge in [0.1, 0.15) is 0 Å². The van der Waals surface area contributed by atoms with E-state index in [9.17, 15) is 19.3 Å². The zero-order chi connectivity index (χ0) is 16.8. The molecule has 0 unspecified atom stereocenters. The van der Waals surface area contributed by atoms with Crippen LogP contribution in [0.4, 0.5) is 10.1 Å². The number of hydrogen-bond donors (Lipinski definition) is 1. The van der Waals surface area contributed by atoms with E-state index in [0.717, 1.165) is 18.1 Å². The second kappa shape index (κ2) is 7.49. The summed E-state index contributed by atoms with van der Waals surface area (Å²) in [6.45, 7) is 1.98. The Bertz CT molecular complexity index is 704. The standard InChI is InChI=1S/C17H17FN2O3/c1-2-7-14(12-8-4-3-5-9-12)19-17(21)13-10-6-11-15(16(13)18)20(22)23/h3-6,8-11,14H,2,7H2,1H3,(H,19,21)/t14-/m0/s1. The maximum absolute atomic E-state index is 14.1. The molecule has 23 heavy (non-hydrogen) atoms. The van der Waals surface area contributed by atoms with E-state index in [1.54, 1.807) is 0 Å². The summed E-state index contributed by atoms with van der Waals surface area (Å²) >= 11 is 0. The summed E-state index contributed by atoms with van der Waals surface area (Å²) in [5.74, 6) is -1.77. The summed E-state index contributed by atoms with van der Waals surface area (Å²) in [5, 5.41) is 13.5. The highest BCUT2D eigenvalue weighted by Gasteiger charge is 2.23. The second-order valence-electron chi connectivity index (χ2n) is 5.12. The summed E-state index contributed by atoms with van der Waals surface area (Å²) in [7, 11) is 0. The summed E-state index contributed by atoms with van der Waals surface area (Å²) in [6.07, 6.45) is 1.52. The fourth-order valence-electron chi connectivity index (χ4n) is 2.37. The van der Waals surface area contributed by atoms with Crippen molar-refractivity contribution < 1.29 is 14.1 Å². The number of nitro groups is 1. The Hall–Kier alpha value is -2.76. The van der Waals surface area contributed by atoms with Crippen LogP contribution in [-0.2, 0) is 0 Å². The maximum Gasteiger partial charge on any atom is 0.305 e. The first-order valence-electron chi connectivity index (χ1n) is 7.33. The lowest BCUT2D eigenvalue weighted by Crippen LogP contribution is -2.29. The highest BCUT2D eigenvalue weighted by molar-refractivity contribution is 5.95. The third kappa shape index (κ3) is 3.91. The van der Waals surface area contributed by atoms with Crippen LogP contribution in [0.15, 0.2) is 48.5 Å². The molecule has 0 spiro atoms. The van der Waals surface area contributed by atoms with E-state index in [4.69, 9.17) is 0 Å². The molecule has 0 aliphatic heterocycles. The van der Waals surface area contributed by atoms with Crippen LogP contribution in [0.5, 0.6) is 0 Å². The van der Waals surface area contributed by atoms with E-state index in [2.05, 4.69) is 5.32 Å². The minimum Gasteiger partial charge on any atom is -0.345 e. The first kappa shape index (κ1) is 16.6. The normalized spacial score (nSPS) is 11.7. The van der Waals surface area contributed by atoms with Gasteiger partial charge in [0.25, 0.3) is 5.91 Å². The molecule has 0 aliphatic carbocycles. The van der Waals surface area contributed by atoms with Crippen molar-refractivity contribution in [1.82, 2.24) is 5.32 Å². The van der Waals surface area contributed by atoms with Crippen molar-refractivity contribution in [2.75, 3.05) is 0 Å². The summed E-state index contributed by atoms with van der Waals surface area (Å²) in [5.41, 5.74) is -0.117. The quantitative estimate of drug-likeness (QED) is 0.646. The predicted octanol–water partition coefficient (Wildman–Crippen LogP) is 4.01. The number of halogens is 1. The average Bonchev–Trinajstić information content (AvgIpc) is 2.55. The van der Waals surface area contributed by atoms with Crippen molar-refractivity contribution in [3.8, 4) is 0 Å². The van der Waals surface area contributed by atoms with E-state index in [0.29, 0.717) is 6.42 Å². The van der Waals surface area contributed by atoms with Gasteiger partial charge in [-0.3, -0.25) is 14.9 Å². The first-order chi connectivity index (χ1) is 11.0. The molecule has 1 atom stereocenters. The Kier molecular flexibility index (Phi) is 5.41. The van der Waals surface area contributed by atoms with E-state index in [-0.39, 0.29) is 11.6 Å². The lowest BCUT2D eigenvalue weighted by Gasteiger charge is -2.18. The molecule has 2 rings (SSSR count). The van der Waals surface area contributed by atoms with E-state index >= 15 is 0 Å².